The Kier molecular flexibility index (Phi) is 32.8. The molecule has 0 bridgehead atoms. The van der Waals surface area contributed by atoms with Gasteiger partial charge in [0.1, 0.15) is 0 Å². The Morgan fingerprint density at radius 2 is 0.522 bits per heavy atom. The number of hydrogen-bond acceptors (Lipinski definition) is 19. The van der Waals surface area contributed by atoms with Crippen molar-refractivity contribution < 1.29 is 90.7 Å². The summed E-state index contributed by atoms with van der Waals surface area (Å²) in [5.74, 6) is 0. The fourth-order valence-corrected chi connectivity index (χ4v) is 6.59. The molecule has 0 amide bonds. The van der Waals surface area contributed by atoms with E-state index in [4.69, 9.17) is 90.7 Å². The molecule has 2 aliphatic rings. The molecule has 2 heterocycles. The van der Waals surface area contributed by atoms with Gasteiger partial charge in [0.2, 0.25) is 0 Å². The van der Waals surface area contributed by atoms with E-state index in [2.05, 4.69) is 0 Å². The Morgan fingerprint density at radius 1 is 0.313 bits per heavy atom. The maximum Gasteiger partial charge on any atom is 0.183 e. The smallest absolute Gasteiger partial charge is 0.183 e. The maximum absolute atomic E-state index is 8.74. The van der Waals surface area contributed by atoms with Crippen LogP contribution in [0.15, 0.2) is 60.7 Å². The summed E-state index contributed by atoms with van der Waals surface area (Å²) in [4.78, 5) is 0. The Morgan fingerprint density at radius 3 is 0.746 bits per heavy atom. The van der Waals surface area contributed by atoms with Gasteiger partial charge in [0.05, 0.1) is 222 Å². The monoisotopic (exact) mass is 959 g/mol. The summed E-state index contributed by atoms with van der Waals surface area (Å²) < 4.78 is 98.3. The molecule has 0 atom stereocenters. The predicted molar refractivity (Wildman–Crippen MR) is 242 cm³/mol. The minimum Gasteiger partial charge on any atom is -0.394 e. The number of aliphatic hydroxyl groups excluding tert-OH is 2. The molecular formula is C48H78O19. The Balaban J connectivity index is 1.01. The third-order valence-corrected chi connectivity index (χ3v) is 10.1. The lowest BCUT2D eigenvalue weighted by Crippen LogP contribution is -2.46. The average Bonchev–Trinajstić information content (AvgIpc) is 3.37. The van der Waals surface area contributed by atoms with Crippen molar-refractivity contribution in [1.29, 1.82) is 0 Å². The van der Waals surface area contributed by atoms with Gasteiger partial charge in [0.15, 0.2) is 12.6 Å². The van der Waals surface area contributed by atoms with Crippen LogP contribution in [0.1, 0.15) is 23.7 Å². The molecule has 2 aromatic rings. The second-order valence-electron chi connectivity index (χ2n) is 15.9. The van der Waals surface area contributed by atoms with Crippen LogP contribution >= 0.6 is 0 Å². The van der Waals surface area contributed by atoms with E-state index in [0.717, 1.165) is 11.1 Å². The predicted octanol–water partition coefficient (Wildman–Crippen LogP) is 2.65. The molecule has 0 spiro atoms. The molecule has 0 radical (unpaired) electrons. The lowest BCUT2D eigenvalue weighted by atomic mass is 9.91. The molecule has 19 heteroatoms. The van der Waals surface area contributed by atoms with Crippen molar-refractivity contribution in [2.75, 3.05) is 211 Å². The second-order valence-corrected chi connectivity index (χ2v) is 15.9. The van der Waals surface area contributed by atoms with Gasteiger partial charge in [-0.1, -0.05) is 60.7 Å². The lowest BCUT2D eigenvalue weighted by molar-refractivity contribution is -0.255. The molecule has 2 saturated heterocycles. The van der Waals surface area contributed by atoms with Crippen molar-refractivity contribution in [2.45, 2.75) is 12.6 Å². The topological polar surface area (TPSA) is 197 Å². The Hall–Kier alpha value is -2.32. The fraction of sp³-hybridized carbons (Fsp3) is 0.750. The average molecular weight is 959 g/mol. The molecule has 384 valence electrons. The Labute approximate surface area is 396 Å². The molecule has 19 nitrogen and oxygen atoms in total. The van der Waals surface area contributed by atoms with Crippen LogP contribution in [0.3, 0.4) is 0 Å². The zero-order valence-electron chi connectivity index (χ0n) is 39.4. The Bertz CT molecular complexity index is 1280. The third kappa shape index (κ3) is 26.5. The third-order valence-electron chi connectivity index (χ3n) is 10.1. The standard InChI is InChI=1S/C48H78O19/c49-11-13-51-15-17-53-19-23-56-27-31-60-35-47(39-64-45(65-40-47)43-7-3-1-4-8-43)37-62-33-29-58-25-21-55-22-26-59-30-34-63-38-48(41-66-46(67-42-48)44-9-5-2-6-10-44)36-61-32-28-57-24-20-54-18-16-52-14-12-50/h1-10,45-46,49-50H,11-42H2. The van der Waals surface area contributed by atoms with Crippen LogP contribution in [-0.4, -0.2) is 222 Å². The first-order valence-corrected chi connectivity index (χ1v) is 23.5. The van der Waals surface area contributed by atoms with Crippen LogP contribution in [0, 0.1) is 10.8 Å². The highest BCUT2D eigenvalue weighted by Crippen LogP contribution is 2.34. The van der Waals surface area contributed by atoms with Gasteiger partial charge in [-0.2, -0.15) is 0 Å². The van der Waals surface area contributed by atoms with E-state index < -0.39 is 23.4 Å². The second kappa shape index (κ2) is 38.4. The SMILES string of the molecule is OCCOCCOCCOCCOCC1(COCCOCCOCCOCCOCC2(COCCOCCOCCOCCO)COC(c3ccccc3)OC2)COC(c2ccccc2)OC1. The van der Waals surface area contributed by atoms with Crippen LogP contribution in [0.5, 0.6) is 0 Å². The summed E-state index contributed by atoms with van der Waals surface area (Å²) in [7, 11) is 0. The molecule has 2 N–H and O–H groups in total. The van der Waals surface area contributed by atoms with E-state index in [0.29, 0.717) is 198 Å². The van der Waals surface area contributed by atoms with Gasteiger partial charge >= 0.3 is 0 Å². The number of hydrogen-bond donors (Lipinski definition) is 2. The quantitative estimate of drug-likeness (QED) is 0.0919. The van der Waals surface area contributed by atoms with Crippen molar-refractivity contribution in [3.63, 3.8) is 0 Å². The maximum atomic E-state index is 8.74. The first-order valence-electron chi connectivity index (χ1n) is 23.5. The summed E-state index contributed by atoms with van der Waals surface area (Å²) in [6.45, 7) is 12.4. The molecule has 4 rings (SSSR count). The van der Waals surface area contributed by atoms with E-state index in [9.17, 15) is 0 Å². The zero-order valence-corrected chi connectivity index (χ0v) is 39.4. The van der Waals surface area contributed by atoms with E-state index >= 15 is 0 Å². The highest BCUT2D eigenvalue weighted by molar-refractivity contribution is 5.17. The minimum atomic E-state index is -0.483. The summed E-state index contributed by atoms with van der Waals surface area (Å²) in [5, 5.41) is 17.5. The number of benzene rings is 2. The molecular weight excluding hydrogens is 881 g/mol. The van der Waals surface area contributed by atoms with Crippen LogP contribution in [-0.2, 0) is 80.5 Å². The normalized spacial score (nSPS) is 21.0. The molecule has 0 unspecified atom stereocenters. The molecule has 2 fully saturated rings. The van der Waals surface area contributed by atoms with Gasteiger partial charge in [-0.05, 0) is 0 Å². The molecule has 0 aliphatic carbocycles. The molecule has 0 saturated carbocycles. The van der Waals surface area contributed by atoms with Crippen molar-refractivity contribution in [2.24, 2.45) is 10.8 Å². The van der Waals surface area contributed by atoms with Crippen LogP contribution in [0.4, 0.5) is 0 Å². The van der Waals surface area contributed by atoms with E-state index in [1.165, 1.54) is 0 Å². The van der Waals surface area contributed by atoms with E-state index in [1.807, 2.05) is 60.7 Å². The lowest BCUT2D eigenvalue weighted by Gasteiger charge is -2.39. The fourth-order valence-electron chi connectivity index (χ4n) is 6.59. The summed E-state index contributed by atoms with van der Waals surface area (Å²) >= 11 is 0. The van der Waals surface area contributed by atoms with Crippen molar-refractivity contribution in [3.8, 4) is 0 Å². The van der Waals surface area contributed by atoms with E-state index in [-0.39, 0.29) is 13.2 Å². The zero-order chi connectivity index (χ0) is 47.0. The summed E-state index contributed by atoms with van der Waals surface area (Å²) in [6.07, 6.45) is -0.880. The van der Waals surface area contributed by atoms with Crippen LogP contribution < -0.4 is 0 Å². The number of ether oxygens (including phenoxy) is 17. The molecule has 2 aromatic carbocycles. The van der Waals surface area contributed by atoms with E-state index in [1.54, 1.807) is 0 Å². The van der Waals surface area contributed by atoms with Gasteiger partial charge in [-0.25, -0.2) is 0 Å². The van der Waals surface area contributed by atoms with Crippen LogP contribution in [0.25, 0.3) is 0 Å². The van der Waals surface area contributed by atoms with Crippen molar-refractivity contribution >= 4 is 0 Å². The molecule has 0 aromatic heterocycles. The molecule has 2 aliphatic heterocycles. The first-order chi connectivity index (χ1) is 33.2. The van der Waals surface area contributed by atoms with Gasteiger partial charge in [0, 0.05) is 11.1 Å². The highest BCUT2D eigenvalue weighted by Gasteiger charge is 2.39. The van der Waals surface area contributed by atoms with Crippen molar-refractivity contribution in [3.05, 3.63) is 71.8 Å². The molecule has 67 heavy (non-hydrogen) atoms. The highest BCUT2D eigenvalue weighted by atomic mass is 16.7. The van der Waals surface area contributed by atoms with Gasteiger partial charge in [0.25, 0.3) is 0 Å². The first kappa shape index (κ1) is 57.3. The van der Waals surface area contributed by atoms with Gasteiger partial charge in [-0.3, -0.25) is 0 Å². The summed E-state index contributed by atoms with van der Waals surface area (Å²) in [5.41, 5.74) is 0.964. The largest absolute Gasteiger partial charge is 0.394 e. The van der Waals surface area contributed by atoms with Crippen molar-refractivity contribution in [1.82, 2.24) is 0 Å². The minimum absolute atomic E-state index is 0.000657. The van der Waals surface area contributed by atoms with Crippen LogP contribution in [0.2, 0.25) is 0 Å². The van der Waals surface area contributed by atoms with Gasteiger partial charge < -0.3 is 90.7 Å². The number of rotatable bonds is 44. The summed E-state index contributed by atoms with van der Waals surface area (Å²) in [6, 6.07) is 19.7. The van der Waals surface area contributed by atoms with Gasteiger partial charge in [-0.15, -0.1) is 0 Å². The number of aliphatic hydroxyl groups is 2.